The van der Waals surface area contributed by atoms with Crippen LogP contribution in [-0.4, -0.2) is 34.6 Å². The van der Waals surface area contributed by atoms with Crippen LogP contribution in [0.15, 0.2) is 48.7 Å². The minimum Gasteiger partial charge on any atom is -0.484 e. The van der Waals surface area contributed by atoms with Gasteiger partial charge in [-0.05, 0) is 49.6 Å². The van der Waals surface area contributed by atoms with Gasteiger partial charge >= 0.3 is 5.97 Å². The number of aromatic nitrogens is 1. The van der Waals surface area contributed by atoms with Crippen LogP contribution >= 0.6 is 0 Å². The number of hydrogen-bond donors (Lipinski definition) is 2. The SMILES string of the molecule is O=C(COc1ccc(Oc2ccccn2)cc1)N[C@H]1CC[C@@H](C(=O)O)C1. The number of carbonyl (C=O) groups excluding carboxylic acids is 1. The fraction of sp³-hybridized carbons (Fsp3) is 0.316. The molecule has 1 aliphatic rings. The smallest absolute Gasteiger partial charge is 0.306 e. The summed E-state index contributed by atoms with van der Waals surface area (Å²) in [6, 6.07) is 12.2. The van der Waals surface area contributed by atoms with Crippen LogP contribution in [0.1, 0.15) is 19.3 Å². The summed E-state index contributed by atoms with van der Waals surface area (Å²) in [4.78, 5) is 27.0. The molecule has 2 atom stereocenters. The molecule has 1 amide bonds. The summed E-state index contributed by atoms with van der Waals surface area (Å²) in [7, 11) is 0. The van der Waals surface area contributed by atoms with Gasteiger partial charge in [-0.2, -0.15) is 0 Å². The number of aliphatic carboxylic acids is 1. The van der Waals surface area contributed by atoms with E-state index in [9.17, 15) is 9.59 Å². The molecule has 0 saturated heterocycles. The van der Waals surface area contributed by atoms with Gasteiger partial charge in [0.1, 0.15) is 11.5 Å². The number of carboxylic acids is 1. The molecule has 2 aromatic rings. The third kappa shape index (κ3) is 4.95. The normalized spacial score (nSPS) is 18.9. The molecule has 26 heavy (non-hydrogen) atoms. The minimum absolute atomic E-state index is 0.0960. The molecule has 1 saturated carbocycles. The first-order chi connectivity index (χ1) is 12.6. The molecule has 0 radical (unpaired) electrons. The standard InChI is InChI=1S/C19H20N2O5/c22-17(21-14-5-4-13(11-14)19(23)24)12-25-15-6-8-16(9-7-15)26-18-3-1-2-10-20-18/h1-3,6-10,13-14H,4-5,11-12H2,(H,21,22)(H,23,24)/t13-,14+/m1/s1. The molecule has 2 N–H and O–H groups in total. The summed E-state index contributed by atoms with van der Waals surface area (Å²) in [6.07, 6.45) is 3.40. The van der Waals surface area contributed by atoms with Crippen LogP contribution in [0.2, 0.25) is 0 Å². The summed E-state index contributed by atoms with van der Waals surface area (Å²) in [5.74, 6) is 0.236. The van der Waals surface area contributed by atoms with E-state index in [1.165, 1.54) is 0 Å². The molecule has 1 heterocycles. The van der Waals surface area contributed by atoms with E-state index in [1.807, 2.05) is 12.1 Å². The summed E-state index contributed by atoms with van der Waals surface area (Å²) in [5, 5.41) is 11.8. The van der Waals surface area contributed by atoms with E-state index in [0.29, 0.717) is 36.6 Å². The van der Waals surface area contributed by atoms with Gasteiger partial charge in [0.05, 0.1) is 5.92 Å². The predicted octanol–water partition coefficient (Wildman–Crippen LogP) is 2.62. The molecule has 1 fully saturated rings. The van der Waals surface area contributed by atoms with E-state index < -0.39 is 5.97 Å². The van der Waals surface area contributed by atoms with Crippen LogP contribution < -0.4 is 14.8 Å². The Morgan fingerprint density at radius 3 is 2.54 bits per heavy atom. The lowest BCUT2D eigenvalue weighted by Crippen LogP contribution is -2.36. The van der Waals surface area contributed by atoms with Gasteiger partial charge in [0.2, 0.25) is 5.88 Å². The molecule has 7 heteroatoms. The van der Waals surface area contributed by atoms with Crippen molar-refractivity contribution in [3.05, 3.63) is 48.7 Å². The second kappa shape index (κ2) is 8.33. The van der Waals surface area contributed by atoms with Crippen molar-refractivity contribution in [2.75, 3.05) is 6.61 Å². The first-order valence-electron chi connectivity index (χ1n) is 8.44. The van der Waals surface area contributed by atoms with Gasteiger partial charge in [-0.25, -0.2) is 4.98 Å². The third-order valence-electron chi connectivity index (χ3n) is 4.20. The highest BCUT2D eigenvalue weighted by Gasteiger charge is 2.30. The third-order valence-corrected chi connectivity index (χ3v) is 4.20. The highest BCUT2D eigenvalue weighted by molar-refractivity contribution is 5.78. The second-order valence-corrected chi connectivity index (χ2v) is 6.14. The Morgan fingerprint density at radius 1 is 1.12 bits per heavy atom. The fourth-order valence-corrected chi connectivity index (χ4v) is 2.89. The van der Waals surface area contributed by atoms with E-state index in [0.717, 1.165) is 0 Å². The summed E-state index contributed by atoms with van der Waals surface area (Å²) in [5.41, 5.74) is 0. The summed E-state index contributed by atoms with van der Waals surface area (Å²) >= 11 is 0. The second-order valence-electron chi connectivity index (χ2n) is 6.14. The zero-order valence-electron chi connectivity index (χ0n) is 14.1. The number of pyridine rings is 1. The monoisotopic (exact) mass is 356 g/mol. The Hall–Kier alpha value is -3.09. The first kappa shape index (κ1) is 17.7. The molecule has 1 aliphatic carbocycles. The molecular weight excluding hydrogens is 336 g/mol. The fourth-order valence-electron chi connectivity index (χ4n) is 2.89. The average molecular weight is 356 g/mol. The van der Waals surface area contributed by atoms with Gasteiger partial charge in [0.15, 0.2) is 6.61 Å². The van der Waals surface area contributed by atoms with Crippen LogP contribution in [0.4, 0.5) is 0 Å². The maximum Gasteiger partial charge on any atom is 0.306 e. The van der Waals surface area contributed by atoms with Gasteiger partial charge in [0.25, 0.3) is 5.91 Å². The van der Waals surface area contributed by atoms with Crippen LogP contribution in [0.3, 0.4) is 0 Å². The van der Waals surface area contributed by atoms with E-state index in [-0.39, 0.29) is 24.5 Å². The lowest BCUT2D eigenvalue weighted by Gasteiger charge is -2.13. The van der Waals surface area contributed by atoms with Gasteiger partial charge in [-0.15, -0.1) is 0 Å². The highest BCUT2D eigenvalue weighted by Crippen LogP contribution is 2.25. The van der Waals surface area contributed by atoms with Crippen molar-refractivity contribution < 1.29 is 24.2 Å². The Balaban J connectivity index is 1.43. The highest BCUT2D eigenvalue weighted by atomic mass is 16.5. The minimum atomic E-state index is -0.800. The molecule has 1 aromatic carbocycles. The van der Waals surface area contributed by atoms with Crippen molar-refractivity contribution in [3.8, 4) is 17.4 Å². The van der Waals surface area contributed by atoms with Gasteiger partial charge in [-0.3, -0.25) is 9.59 Å². The first-order valence-corrected chi connectivity index (χ1v) is 8.44. The van der Waals surface area contributed by atoms with Crippen LogP contribution in [0.5, 0.6) is 17.4 Å². The largest absolute Gasteiger partial charge is 0.484 e. The Kier molecular flexibility index (Phi) is 5.68. The van der Waals surface area contributed by atoms with E-state index in [1.54, 1.807) is 36.5 Å². The van der Waals surface area contributed by atoms with Crippen molar-refractivity contribution in [2.24, 2.45) is 5.92 Å². The van der Waals surface area contributed by atoms with Crippen LogP contribution in [-0.2, 0) is 9.59 Å². The number of carbonyl (C=O) groups is 2. The lowest BCUT2D eigenvalue weighted by atomic mass is 10.1. The van der Waals surface area contributed by atoms with Crippen molar-refractivity contribution in [2.45, 2.75) is 25.3 Å². The van der Waals surface area contributed by atoms with Gasteiger partial charge in [0, 0.05) is 18.3 Å². The molecule has 3 rings (SSSR count). The number of carboxylic acid groups (broad SMARTS) is 1. The Bertz CT molecular complexity index is 748. The number of nitrogens with zero attached hydrogens (tertiary/aromatic N) is 1. The number of rotatable bonds is 7. The molecule has 0 spiro atoms. The number of nitrogens with one attached hydrogen (secondary N) is 1. The maximum absolute atomic E-state index is 11.9. The number of benzene rings is 1. The van der Waals surface area contributed by atoms with Crippen LogP contribution in [0, 0.1) is 5.92 Å². The molecule has 1 aromatic heterocycles. The van der Waals surface area contributed by atoms with E-state index >= 15 is 0 Å². The average Bonchev–Trinajstić information content (AvgIpc) is 3.11. The molecule has 0 unspecified atom stereocenters. The predicted molar refractivity (Wildman–Crippen MR) is 93.2 cm³/mol. The van der Waals surface area contributed by atoms with Crippen LogP contribution in [0.25, 0.3) is 0 Å². The summed E-state index contributed by atoms with van der Waals surface area (Å²) in [6.45, 7) is -0.116. The Labute approximate surface area is 151 Å². The van der Waals surface area contributed by atoms with Crippen molar-refractivity contribution >= 4 is 11.9 Å². The van der Waals surface area contributed by atoms with Gasteiger partial charge in [-0.1, -0.05) is 6.07 Å². The van der Waals surface area contributed by atoms with E-state index in [2.05, 4.69) is 10.3 Å². The van der Waals surface area contributed by atoms with E-state index in [4.69, 9.17) is 14.6 Å². The topological polar surface area (TPSA) is 97.8 Å². The van der Waals surface area contributed by atoms with Gasteiger partial charge < -0.3 is 19.9 Å². The molecular formula is C19H20N2O5. The molecule has 0 aliphatic heterocycles. The Morgan fingerprint density at radius 2 is 1.88 bits per heavy atom. The van der Waals surface area contributed by atoms with Crippen molar-refractivity contribution in [3.63, 3.8) is 0 Å². The van der Waals surface area contributed by atoms with Crippen molar-refractivity contribution in [1.82, 2.24) is 10.3 Å². The molecule has 7 nitrogen and oxygen atoms in total. The summed E-state index contributed by atoms with van der Waals surface area (Å²) < 4.78 is 11.0. The molecule has 0 bridgehead atoms. The molecule has 136 valence electrons. The number of hydrogen-bond acceptors (Lipinski definition) is 5. The number of ether oxygens (including phenoxy) is 2. The maximum atomic E-state index is 11.9. The lowest BCUT2D eigenvalue weighted by molar-refractivity contribution is -0.141. The quantitative estimate of drug-likeness (QED) is 0.791. The van der Waals surface area contributed by atoms with Crippen molar-refractivity contribution in [1.29, 1.82) is 0 Å². The number of amides is 1. The zero-order chi connectivity index (χ0) is 18.4. The zero-order valence-corrected chi connectivity index (χ0v) is 14.1.